The van der Waals surface area contributed by atoms with Crippen molar-refractivity contribution in [2.45, 2.75) is 20.4 Å². The zero-order chi connectivity index (χ0) is 12.4. The minimum atomic E-state index is -0.328. The number of halogens is 2. The molecule has 5 heteroatoms. The maximum atomic E-state index is 12.9. The molecular weight excluding hydrogens is 259 g/mol. The van der Waals surface area contributed by atoms with Crippen LogP contribution in [0.5, 0.6) is 0 Å². The van der Waals surface area contributed by atoms with Gasteiger partial charge < -0.3 is 5.32 Å². The van der Waals surface area contributed by atoms with Gasteiger partial charge in [-0.2, -0.15) is 0 Å². The third-order valence-corrected chi connectivity index (χ3v) is 3.76. The van der Waals surface area contributed by atoms with E-state index in [-0.39, 0.29) is 5.82 Å². The van der Waals surface area contributed by atoms with Gasteiger partial charge in [-0.05, 0) is 32.0 Å². The van der Waals surface area contributed by atoms with Gasteiger partial charge >= 0.3 is 0 Å². The van der Waals surface area contributed by atoms with E-state index in [1.54, 1.807) is 17.4 Å². The van der Waals surface area contributed by atoms with E-state index in [0.29, 0.717) is 11.6 Å². The molecule has 0 aliphatic rings. The second kappa shape index (κ2) is 5.02. The summed E-state index contributed by atoms with van der Waals surface area (Å²) in [7, 11) is 0. The molecular formula is C12H12ClFN2S. The van der Waals surface area contributed by atoms with Gasteiger partial charge in [-0.25, -0.2) is 9.37 Å². The third kappa shape index (κ3) is 2.96. The Labute approximate surface area is 108 Å². The lowest BCUT2D eigenvalue weighted by atomic mass is 10.3. The van der Waals surface area contributed by atoms with Crippen molar-refractivity contribution in [1.29, 1.82) is 0 Å². The van der Waals surface area contributed by atoms with E-state index in [1.165, 1.54) is 17.0 Å². The van der Waals surface area contributed by atoms with E-state index in [1.807, 2.05) is 13.8 Å². The number of benzene rings is 1. The fourth-order valence-electron chi connectivity index (χ4n) is 1.55. The van der Waals surface area contributed by atoms with Crippen LogP contribution in [0.25, 0.3) is 0 Å². The molecule has 0 atom stereocenters. The van der Waals surface area contributed by atoms with E-state index in [9.17, 15) is 4.39 Å². The SMILES string of the molecule is Cc1nc(C)c(CNc2ccc(F)cc2Cl)s1. The van der Waals surface area contributed by atoms with Crippen molar-refractivity contribution >= 4 is 28.6 Å². The summed E-state index contributed by atoms with van der Waals surface area (Å²) in [5.74, 6) is -0.328. The Balaban J connectivity index is 2.10. The first-order valence-electron chi connectivity index (χ1n) is 5.18. The molecule has 1 heterocycles. The van der Waals surface area contributed by atoms with Gasteiger partial charge in [0.2, 0.25) is 0 Å². The minimum absolute atomic E-state index is 0.328. The standard InChI is InChI=1S/C12H12ClFN2S/c1-7-12(17-8(2)16-7)6-15-11-4-3-9(14)5-10(11)13/h3-5,15H,6H2,1-2H3. The Bertz CT molecular complexity index is 539. The van der Waals surface area contributed by atoms with Crippen LogP contribution in [-0.2, 0) is 6.54 Å². The predicted molar refractivity (Wildman–Crippen MR) is 70.3 cm³/mol. The van der Waals surface area contributed by atoms with Gasteiger partial charge in [-0.3, -0.25) is 0 Å². The maximum absolute atomic E-state index is 12.9. The van der Waals surface area contributed by atoms with Crippen LogP contribution in [0.15, 0.2) is 18.2 Å². The van der Waals surface area contributed by atoms with E-state index in [2.05, 4.69) is 10.3 Å². The van der Waals surface area contributed by atoms with Crippen LogP contribution in [-0.4, -0.2) is 4.98 Å². The fraction of sp³-hybridized carbons (Fsp3) is 0.250. The summed E-state index contributed by atoms with van der Waals surface area (Å²) in [4.78, 5) is 5.51. The molecule has 90 valence electrons. The molecule has 0 aliphatic carbocycles. The molecule has 0 bridgehead atoms. The van der Waals surface area contributed by atoms with Crippen molar-refractivity contribution in [2.75, 3.05) is 5.32 Å². The number of aryl methyl sites for hydroxylation is 2. The summed E-state index contributed by atoms with van der Waals surface area (Å²) in [6, 6.07) is 4.33. The van der Waals surface area contributed by atoms with Gasteiger partial charge in [0.1, 0.15) is 5.82 Å². The van der Waals surface area contributed by atoms with Gasteiger partial charge in [0.05, 0.1) is 28.0 Å². The summed E-state index contributed by atoms with van der Waals surface area (Å²) in [6.45, 7) is 4.61. The van der Waals surface area contributed by atoms with E-state index >= 15 is 0 Å². The Kier molecular flexibility index (Phi) is 3.64. The lowest BCUT2D eigenvalue weighted by Crippen LogP contribution is -1.99. The highest BCUT2D eigenvalue weighted by molar-refractivity contribution is 7.11. The largest absolute Gasteiger partial charge is 0.379 e. The highest BCUT2D eigenvalue weighted by Gasteiger charge is 2.06. The number of nitrogens with zero attached hydrogens (tertiary/aromatic N) is 1. The Hall–Kier alpha value is -1.13. The van der Waals surface area contributed by atoms with Gasteiger partial charge in [0.15, 0.2) is 0 Å². The van der Waals surface area contributed by atoms with Gasteiger partial charge in [-0.1, -0.05) is 11.6 Å². The van der Waals surface area contributed by atoms with E-state index in [4.69, 9.17) is 11.6 Å². The molecule has 2 nitrogen and oxygen atoms in total. The van der Waals surface area contributed by atoms with Crippen molar-refractivity contribution in [2.24, 2.45) is 0 Å². The van der Waals surface area contributed by atoms with Crippen LogP contribution >= 0.6 is 22.9 Å². The Morgan fingerprint density at radius 1 is 1.41 bits per heavy atom. The monoisotopic (exact) mass is 270 g/mol. The van der Waals surface area contributed by atoms with Crippen molar-refractivity contribution in [1.82, 2.24) is 4.98 Å². The third-order valence-electron chi connectivity index (χ3n) is 2.37. The van der Waals surface area contributed by atoms with E-state index in [0.717, 1.165) is 16.4 Å². The average molecular weight is 271 g/mol. The van der Waals surface area contributed by atoms with Crippen LogP contribution in [0.2, 0.25) is 5.02 Å². The molecule has 17 heavy (non-hydrogen) atoms. The molecule has 0 saturated heterocycles. The van der Waals surface area contributed by atoms with Crippen LogP contribution in [0.1, 0.15) is 15.6 Å². The molecule has 0 radical (unpaired) electrons. The normalized spacial score (nSPS) is 10.6. The number of hydrogen-bond acceptors (Lipinski definition) is 3. The van der Waals surface area contributed by atoms with Crippen molar-refractivity contribution in [3.05, 3.63) is 44.6 Å². The zero-order valence-electron chi connectivity index (χ0n) is 9.55. The first kappa shape index (κ1) is 12.3. The lowest BCUT2D eigenvalue weighted by Gasteiger charge is -2.07. The first-order chi connectivity index (χ1) is 8.06. The molecule has 2 rings (SSSR count). The molecule has 0 saturated carbocycles. The zero-order valence-corrected chi connectivity index (χ0v) is 11.1. The van der Waals surface area contributed by atoms with Crippen LogP contribution in [0.3, 0.4) is 0 Å². The smallest absolute Gasteiger partial charge is 0.124 e. The van der Waals surface area contributed by atoms with Crippen molar-refractivity contribution in [3.63, 3.8) is 0 Å². The number of nitrogens with one attached hydrogen (secondary N) is 1. The average Bonchev–Trinajstić information content (AvgIpc) is 2.56. The predicted octanol–water partition coefficient (Wildman–Crippen LogP) is 4.16. The summed E-state index contributed by atoms with van der Waals surface area (Å²) >= 11 is 7.58. The molecule has 1 aromatic heterocycles. The fourth-order valence-corrected chi connectivity index (χ4v) is 2.66. The number of hydrogen-bond donors (Lipinski definition) is 1. The second-order valence-corrected chi connectivity index (χ2v) is 5.41. The van der Waals surface area contributed by atoms with Gasteiger partial charge in [0, 0.05) is 4.88 Å². The minimum Gasteiger partial charge on any atom is -0.379 e. The second-order valence-electron chi connectivity index (χ2n) is 3.72. The van der Waals surface area contributed by atoms with Gasteiger partial charge in [-0.15, -0.1) is 11.3 Å². The number of rotatable bonds is 3. The van der Waals surface area contributed by atoms with Gasteiger partial charge in [0.25, 0.3) is 0 Å². The quantitative estimate of drug-likeness (QED) is 0.906. The Morgan fingerprint density at radius 2 is 2.18 bits per heavy atom. The molecule has 0 spiro atoms. The highest BCUT2D eigenvalue weighted by atomic mass is 35.5. The maximum Gasteiger partial charge on any atom is 0.124 e. The lowest BCUT2D eigenvalue weighted by molar-refractivity contribution is 0.628. The number of anilines is 1. The van der Waals surface area contributed by atoms with Crippen LogP contribution in [0, 0.1) is 19.7 Å². The number of aromatic nitrogens is 1. The van der Waals surface area contributed by atoms with Crippen molar-refractivity contribution in [3.8, 4) is 0 Å². The molecule has 0 aliphatic heterocycles. The number of thiazole rings is 1. The molecule has 0 unspecified atom stereocenters. The van der Waals surface area contributed by atoms with E-state index < -0.39 is 0 Å². The molecule has 0 amide bonds. The molecule has 2 aromatic rings. The molecule has 0 fully saturated rings. The summed E-state index contributed by atoms with van der Waals surface area (Å²) in [5.41, 5.74) is 1.76. The summed E-state index contributed by atoms with van der Waals surface area (Å²) < 4.78 is 12.9. The summed E-state index contributed by atoms with van der Waals surface area (Å²) in [6.07, 6.45) is 0. The molecule has 1 aromatic carbocycles. The highest BCUT2D eigenvalue weighted by Crippen LogP contribution is 2.24. The Morgan fingerprint density at radius 3 is 2.76 bits per heavy atom. The van der Waals surface area contributed by atoms with Crippen LogP contribution in [0.4, 0.5) is 10.1 Å². The topological polar surface area (TPSA) is 24.9 Å². The summed E-state index contributed by atoms with van der Waals surface area (Å²) in [5, 5.41) is 4.62. The van der Waals surface area contributed by atoms with Crippen molar-refractivity contribution < 1.29 is 4.39 Å². The first-order valence-corrected chi connectivity index (χ1v) is 6.37. The van der Waals surface area contributed by atoms with Crippen LogP contribution < -0.4 is 5.32 Å². The molecule has 1 N–H and O–H groups in total.